The van der Waals surface area contributed by atoms with Crippen molar-refractivity contribution in [2.24, 2.45) is 17.8 Å². The van der Waals surface area contributed by atoms with Gasteiger partial charge in [0.15, 0.2) is 0 Å². The maximum absolute atomic E-state index is 12.5. The number of hydrogen-bond acceptors (Lipinski definition) is 2. The predicted molar refractivity (Wildman–Crippen MR) is 88.1 cm³/mol. The highest BCUT2D eigenvalue weighted by Gasteiger charge is 2.39. The minimum absolute atomic E-state index is 0.370. The Hall–Kier alpha value is -1.39. The molecule has 0 spiro atoms. The van der Waals surface area contributed by atoms with Crippen molar-refractivity contribution in [1.82, 2.24) is 4.72 Å². The second-order valence-electron chi connectivity index (χ2n) is 6.80. The summed E-state index contributed by atoms with van der Waals surface area (Å²) in [6, 6.07) is 13.2. The molecule has 2 aliphatic rings. The first-order valence-corrected chi connectivity index (χ1v) is 9.58. The molecule has 3 nitrogen and oxygen atoms in total. The first kappa shape index (κ1) is 14.2. The van der Waals surface area contributed by atoms with Crippen molar-refractivity contribution >= 4 is 20.8 Å². The van der Waals surface area contributed by atoms with Crippen molar-refractivity contribution in [3.8, 4) is 0 Å². The zero-order valence-electron chi connectivity index (χ0n) is 12.5. The Morgan fingerprint density at radius 1 is 1.00 bits per heavy atom. The van der Waals surface area contributed by atoms with Crippen LogP contribution in [0, 0.1) is 17.8 Å². The number of nitrogens with one attached hydrogen (secondary N) is 1. The van der Waals surface area contributed by atoms with Gasteiger partial charge in [0, 0.05) is 6.54 Å². The molecule has 4 heteroatoms. The van der Waals surface area contributed by atoms with Crippen LogP contribution in [0.1, 0.15) is 25.7 Å². The van der Waals surface area contributed by atoms with E-state index in [1.54, 1.807) is 12.1 Å². The first-order chi connectivity index (χ1) is 10.6. The van der Waals surface area contributed by atoms with Crippen molar-refractivity contribution < 1.29 is 8.42 Å². The lowest BCUT2D eigenvalue weighted by atomic mass is 9.89. The molecular formula is C18H21NO2S. The summed E-state index contributed by atoms with van der Waals surface area (Å²) in [5, 5.41) is 2.03. The molecule has 116 valence electrons. The molecule has 2 aromatic rings. The third kappa shape index (κ3) is 2.55. The van der Waals surface area contributed by atoms with Gasteiger partial charge in [-0.25, -0.2) is 13.1 Å². The molecule has 0 heterocycles. The van der Waals surface area contributed by atoms with Crippen molar-refractivity contribution in [3.63, 3.8) is 0 Å². The van der Waals surface area contributed by atoms with Gasteiger partial charge < -0.3 is 0 Å². The fourth-order valence-corrected chi connectivity index (χ4v) is 5.39. The van der Waals surface area contributed by atoms with Gasteiger partial charge in [0.2, 0.25) is 10.0 Å². The monoisotopic (exact) mass is 315 g/mol. The predicted octanol–water partition coefficient (Wildman–Crippen LogP) is 3.55. The van der Waals surface area contributed by atoms with E-state index in [0.717, 1.165) is 22.6 Å². The van der Waals surface area contributed by atoms with Crippen molar-refractivity contribution in [2.75, 3.05) is 6.54 Å². The molecule has 22 heavy (non-hydrogen) atoms. The Bertz CT molecular complexity index is 800. The molecule has 3 atom stereocenters. The molecule has 0 saturated heterocycles. The molecule has 2 aliphatic carbocycles. The molecular weight excluding hydrogens is 294 g/mol. The third-order valence-electron chi connectivity index (χ3n) is 5.45. The van der Waals surface area contributed by atoms with Crippen LogP contribution in [0.25, 0.3) is 10.8 Å². The van der Waals surface area contributed by atoms with E-state index in [4.69, 9.17) is 0 Å². The van der Waals surface area contributed by atoms with E-state index >= 15 is 0 Å². The van der Waals surface area contributed by atoms with Crippen LogP contribution in [-0.2, 0) is 10.0 Å². The lowest BCUT2D eigenvalue weighted by Crippen LogP contribution is -2.31. The van der Waals surface area contributed by atoms with Crippen LogP contribution in [0.5, 0.6) is 0 Å². The molecule has 2 saturated carbocycles. The van der Waals surface area contributed by atoms with Crippen molar-refractivity contribution in [3.05, 3.63) is 42.5 Å². The van der Waals surface area contributed by atoms with Crippen LogP contribution in [-0.4, -0.2) is 15.0 Å². The second kappa shape index (κ2) is 5.36. The summed E-state index contributed by atoms with van der Waals surface area (Å²) in [7, 11) is -3.41. The van der Waals surface area contributed by atoms with Crippen LogP contribution < -0.4 is 4.72 Å². The molecule has 2 fully saturated rings. The van der Waals surface area contributed by atoms with Gasteiger partial charge in [-0.05, 0) is 59.9 Å². The van der Waals surface area contributed by atoms with Gasteiger partial charge in [-0.2, -0.15) is 0 Å². The summed E-state index contributed by atoms with van der Waals surface area (Å²) in [5.41, 5.74) is 0. The van der Waals surface area contributed by atoms with E-state index in [-0.39, 0.29) is 0 Å². The number of fused-ring (bicyclic) bond motifs is 3. The van der Waals surface area contributed by atoms with Crippen LogP contribution in [0.15, 0.2) is 47.4 Å². The molecule has 4 rings (SSSR count). The van der Waals surface area contributed by atoms with Crippen LogP contribution in [0.2, 0.25) is 0 Å². The molecule has 0 aromatic heterocycles. The van der Waals surface area contributed by atoms with E-state index in [2.05, 4.69) is 4.72 Å². The van der Waals surface area contributed by atoms with Crippen molar-refractivity contribution in [1.29, 1.82) is 0 Å². The van der Waals surface area contributed by atoms with Gasteiger partial charge in [-0.15, -0.1) is 0 Å². The number of sulfonamides is 1. The van der Waals surface area contributed by atoms with E-state index in [0.29, 0.717) is 17.4 Å². The highest BCUT2D eigenvalue weighted by molar-refractivity contribution is 7.89. The van der Waals surface area contributed by atoms with Gasteiger partial charge >= 0.3 is 0 Å². The summed E-state index contributed by atoms with van der Waals surface area (Å²) in [4.78, 5) is 0.370. The highest BCUT2D eigenvalue weighted by Crippen LogP contribution is 2.48. The van der Waals surface area contributed by atoms with E-state index < -0.39 is 10.0 Å². The summed E-state index contributed by atoms with van der Waals surface area (Å²) in [5.74, 6) is 2.12. The molecule has 0 aliphatic heterocycles. The topological polar surface area (TPSA) is 46.2 Å². The SMILES string of the molecule is O=S(=O)(NC[C@H]1C[C@H]2CC[C@H]1C2)c1ccc2ccccc2c1. The Morgan fingerprint density at radius 3 is 2.55 bits per heavy atom. The van der Waals surface area contributed by atoms with Gasteiger partial charge in [0.05, 0.1) is 4.90 Å². The number of benzene rings is 2. The van der Waals surface area contributed by atoms with Crippen LogP contribution >= 0.6 is 0 Å². The normalized spacial score (nSPS) is 27.5. The molecule has 1 N–H and O–H groups in total. The summed E-state index contributed by atoms with van der Waals surface area (Å²) >= 11 is 0. The molecule has 2 aromatic carbocycles. The minimum atomic E-state index is -3.41. The fourth-order valence-electron chi connectivity index (χ4n) is 4.26. The maximum Gasteiger partial charge on any atom is 0.240 e. The summed E-state index contributed by atoms with van der Waals surface area (Å²) in [6.07, 6.45) is 5.14. The van der Waals surface area contributed by atoms with Crippen molar-refractivity contribution in [2.45, 2.75) is 30.6 Å². The molecule has 0 amide bonds. The Balaban J connectivity index is 1.52. The fraction of sp³-hybridized carbons (Fsp3) is 0.444. The first-order valence-electron chi connectivity index (χ1n) is 8.10. The lowest BCUT2D eigenvalue weighted by Gasteiger charge is -2.21. The Morgan fingerprint density at radius 2 is 1.82 bits per heavy atom. The number of hydrogen-bond donors (Lipinski definition) is 1. The maximum atomic E-state index is 12.5. The third-order valence-corrected chi connectivity index (χ3v) is 6.87. The molecule has 0 radical (unpaired) electrons. The minimum Gasteiger partial charge on any atom is -0.211 e. The smallest absolute Gasteiger partial charge is 0.211 e. The quantitative estimate of drug-likeness (QED) is 0.938. The molecule has 2 bridgehead atoms. The van der Waals surface area contributed by atoms with Crippen LogP contribution in [0.4, 0.5) is 0 Å². The summed E-state index contributed by atoms with van der Waals surface area (Å²) in [6.45, 7) is 0.594. The average molecular weight is 315 g/mol. The Kier molecular flexibility index (Phi) is 3.46. The number of rotatable bonds is 4. The van der Waals surface area contributed by atoms with Gasteiger partial charge in [-0.1, -0.05) is 36.8 Å². The summed E-state index contributed by atoms with van der Waals surface area (Å²) < 4.78 is 27.9. The second-order valence-corrected chi connectivity index (χ2v) is 8.56. The standard InChI is InChI=1S/C18H21NO2S/c20-22(21,19-12-17-10-13-5-6-16(17)9-13)18-8-7-14-3-1-2-4-15(14)11-18/h1-4,7-8,11,13,16-17,19H,5-6,9-10,12H2/t13-,16-,17+/m0/s1. The molecule has 0 unspecified atom stereocenters. The van der Waals surface area contributed by atoms with Gasteiger partial charge in [-0.3, -0.25) is 0 Å². The van der Waals surface area contributed by atoms with Gasteiger partial charge in [0.25, 0.3) is 0 Å². The zero-order valence-corrected chi connectivity index (χ0v) is 13.4. The van der Waals surface area contributed by atoms with E-state index in [9.17, 15) is 8.42 Å². The van der Waals surface area contributed by atoms with Gasteiger partial charge in [0.1, 0.15) is 0 Å². The van der Waals surface area contributed by atoms with E-state index in [1.807, 2.05) is 30.3 Å². The lowest BCUT2D eigenvalue weighted by molar-refractivity contribution is 0.333. The average Bonchev–Trinajstić information content (AvgIpc) is 3.15. The Labute approximate surface area is 131 Å². The van der Waals surface area contributed by atoms with Crippen LogP contribution in [0.3, 0.4) is 0 Å². The zero-order chi connectivity index (χ0) is 15.2. The highest BCUT2D eigenvalue weighted by atomic mass is 32.2. The largest absolute Gasteiger partial charge is 0.240 e. The van der Waals surface area contributed by atoms with E-state index in [1.165, 1.54) is 25.7 Å².